The molecule has 1 aliphatic rings. The number of aromatic nitrogens is 1. The maximum atomic E-state index is 13.2. The SMILES string of the molecule is CCCCOC(=O)c1ccc(-n2c(C)cc(/C=C3\SC(=S)N(Cc4ccc(OC)cc4)C3=O)c2C)cc1. The Hall–Kier alpha value is -3.36. The van der Waals surface area contributed by atoms with E-state index in [1.54, 1.807) is 24.1 Å². The summed E-state index contributed by atoms with van der Waals surface area (Å²) < 4.78 is 13.2. The van der Waals surface area contributed by atoms with Crippen molar-refractivity contribution in [2.45, 2.75) is 40.2 Å². The summed E-state index contributed by atoms with van der Waals surface area (Å²) in [5, 5.41) is 0. The number of hydrogen-bond acceptors (Lipinski definition) is 6. The predicted molar refractivity (Wildman–Crippen MR) is 152 cm³/mol. The number of nitrogens with zero attached hydrogens (tertiary/aromatic N) is 2. The third kappa shape index (κ3) is 5.97. The van der Waals surface area contributed by atoms with Crippen LogP contribution in [0.15, 0.2) is 59.5 Å². The van der Waals surface area contributed by atoms with Crippen LogP contribution in [0.5, 0.6) is 5.75 Å². The van der Waals surface area contributed by atoms with Gasteiger partial charge >= 0.3 is 5.97 Å². The number of amides is 1. The molecule has 0 radical (unpaired) electrons. The van der Waals surface area contributed by atoms with Crippen LogP contribution in [-0.4, -0.2) is 39.4 Å². The molecule has 0 atom stereocenters. The van der Waals surface area contributed by atoms with Gasteiger partial charge in [-0.15, -0.1) is 0 Å². The minimum atomic E-state index is -0.307. The number of esters is 1. The van der Waals surface area contributed by atoms with Crippen LogP contribution in [0, 0.1) is 13.8 Å². The number of unbranched alkanes of at least 4 members (excludes halogenated alkanes) is 1. The van der Waals surface area contributed by atoms with Gasteiger partial charge in [-0.2, -0.15) is 0 Å². The third-order valence-corrected chi connectivity index (χ3v) is 7.60. The summed E-state index contributed by atoms with van der Waals surface area (Å²) in [4.78, 5) is 27.7. The number of carbonyl (C=O) groups excluding carboxylic acids is 2. The normalized spacial score (nSPS) is 14.5. The van der Waals surface area contributed by atoms with E-state index in [2.05, 4.69) is 17.6 Å². The molecule has 1 saturated heterocycles. The smallest absolute Gasteiger partial charge is 0.338 e. The summed E-state index contributed by atoms with van der Waals surface area (Å²) in [6, 6.07) is 17.1. The highest BCUT2D eigenvalue weighted by molar-refractivity contribution is 8.26. The van der Waals surface area contributed by atoms with Gasteiger partial charge in [-0.1, -0.05) is 49.5 Å². The van der Waals surface area contributed by atoms with E-state index in [9.17, 15) is 9.59 Å². The Morgan fingerprint density at radius 3 is 2.43 bits per heavy atom. The first kappa shape index (κ1) is 26.7. The Kier molecular flexibility index (Phi) is 8.51. The molecule has 192 valence electrons. The fourth-order valence-corrected chi connectivity index (χ4v) is 5.41. The average molecular weight is 535 g/mol. The first-order chi connectivity index (χ1) is 17.8. The Balaban J connectivity index is 1.51. The van der Waals surface area contributed by atoms with Gasteiger partial charge in [0, 0.05) is 17.1 Å². The van der Waals surface area contributed by atoms with Crippen molar-refractivity contribution in [3.05, 3.63) is 87.6 Å². The van der Waals surface area contributed by atoms with Crippen LogP contribution in [0.3, 0.4) is 0 Å². The lowest BCUT2D eigenvalue weighted by Gasteiger charge is -2.14. The van der Waals surface area contributed by atoms with E-state index in [-0.39, 0.29) is 11.9 Å². The number of thiocarbonyl (C=S) groups is 1. The van der Waals surface area contributed by atoms with Gasteiger partial charge in [0.2, 0.25) is 0 Å². The zero-order chi connectivity index (χ0) is 26.5. The summed E-state index contributed by atoms with van der Waals surface area (Å²) >= 11 is 6.84. The molecule has 1 fully saturated rings. The van der Waals surface area contributed by atoms with E-state index in [4.69, 9.17) is 21.7 Å². The minimum Gasteiger partial charge on any atom is -0.497 e. The van der Waals surface area contributed by atoms with Crippen LogP contribution in [0.2, 0.25) is 0 Å². The maximum Gasteiger partial charge on any atom is 0.338 e. The molecule has 0 bridgehead atoms. The second-order valence-electron chi connectivity index (χ2n) is 8.81. The summed E-state index contributed by atoms with van der Waals surface area (Å²) in [7, 11) is 1.62. The van der Waals surface area contributed by atoms with Crippen LogP contribution in [0.1, 0.15) is 52.6 Å². The van der Waals surface area contributed by atoms with Gasteiger partial charge in [0.25, 0.3) is 5.91 Å². The Bertz CT molecular complexity index is 1340. The molecule has 8 heteroatoms. The van der Waals surface area contributed by atoms with Gasteiger partial charge in [0.15, 0.2) is 0 Å². The maximum absolute atomic E-state index is 13.2. The molecule has 2 aromatic carbocycles. The molecule has 0 N–H and O–H groups in total. The molecule has 2 heterocycles. The number of methoxy groups -OCH3 is 1. The molecular weight excluding hydrogens is 504 g/mol. The second kappa shape index (κ2) is 11.8. The molecule has 1 aromatic heterocycles. The summed E-state index contributed by atoms with van der Waals surface area (Å²) in [6.07, 6.45) is 3.74. The van der Waals surface area contributed by atoms with Crippen LogP contribution in [-0.2, 0) is 16.1 Å². The quantitative estimate of drug-likeness (QED) is 0.136. The van der Waals surface area contributed by atoms with Crippen molar-refractivity contribution in [2.24, 2.45) is 0 Å². The van der Waals surface area contributed by atoms with Crippen molar-refractivity contribution in [3.63, 3.8) is 0 Å². The van der Waals surface area contributed by atoms with Crippen LogP contribution in [0.25, 0.3) is 11.8 Å². The second-order valence-corrected chi connectivity index (χ2v) is 10.5. The standard InChI is InChI=1S/C29H30N2O4S2/c1-5-6-15-35-28(33)22-9-11-24(12-10-22)31-19(2)16-23(20(31)3)17-26-27(32)30(29(36)37-26)18-21-7-13-25(34-4)14-8-21/h7-14,16-17H,5-6,15,18H2,1-4H3/b26-17-. The lowest BCUT2D eigenvalue weighted by atomic mass is 10.2. The molecule has 0 spiro atoms. The van der Waals surface area contributed by atoms with E-state index in [1.807, 2.05) is 56.3 Å². The van der Waals surface area contributed by atoms with E-state index in [0.29, 0.717) is 27.9 Å². The van der Waals surface area contributed by atoms with Crippen molar-refractivity contribution in [2.75, 3.05) is 13.7 Å². The van der Waals surface area contributed by atoms with E-state index >= 15 is 0 Å². The first-order valence-corrected chi connectivity index (χ1v) is 13.4. The monoisotopic (exact) mass is 534 g/mol. The highest BCUT2D eigenvalue weighted by Gasteiger charge is 2.32. The fraction of sp³-hybridized carbons (Fsp3) is 0.276. The molecule has 0 aliphatic carbocycles. The summed E-state index contributed by atoms with van der Waals surface area (Å²) in [5.41, 5.74) is 5.42. The lowest BCUT2D eigenvalue weighted by molar-refractivity contribution is -0.122. The molecule has 0 unspecified atom stereocenters. The molecule has 0 saturated carbocycles. The number of benzene rings is 2. The van der Waals surface area contributed by atoms with Gasteiger partial charge in [-0.25, -0.2) is 4.79 Å². The van der Waals surface area contributed by atoms with Crippen LogP contribution >= 0.6 is 24.0 Å². The van der Waals surface area contributed by atoms with E-state index < -0.39 is 0 Å². The minimum absolute atomic E-state index is 0.0958. The fourth-order valence-electron chi connectivity index (χ4n) is 4.16. The number of aryl methyl sites for hydroxylation is 1. The van der Waals surface area contributed by atoms with E-state index in [0.717, 1.165) is 46.8 Å². The molecule has 3 aromatic rings. The molecule has 37 heavy (non-hydrogen) atoms. The molecule has 1 aliphatic heterocycles. The number of hydrogen-bond donors (Lipinski definition) is 0. The Morgan fingerprint density at radius 2 is 1.78 bits per heavy atom. The average Bonchev–Trinajstić information content (AvgIpc) is 3.33. The number of thioether (sulfide) groups is 1. The highest BCUT2D eigenvalue weighted by Crippen LogP contribution is 2.35. The summed E-state index contributed by atoms with van der Waals surface area (Å²) in [5.74, 6) is 0.366. The van der Waals surface area contributed by atoms with Crippen molar-refractivity contribution in [1.82, 2.24) is 9.47 Å². The number of rotatable bonds is 9. The number of ether oxygens (including phenoxy) is 2. The molecule has 4 rings (SSSR count). The van der Waals surface area contributed by atoms with Gasteiger partial charge in [0.1, 0.15) is 10.1 Å². The van der Waals surface area contributed by atoms with Crippen LogP contribution in [0.4, 0.5) is 0 Å². The number of carbonyl (C=O) groups is 2. The molecular formula is C29H30N2O4S2. The van der Waals surface area contributed by atoms with Gasteiger partial charge < -0.3 is 14.0 Å². The molecule has 1 amide bonds. The topological polar surface area (TPSA) is 60.8 Å². The van der Waals surface area contributed by atoms with Crippen molar-refractivity contribution < 1.29 is 19.1 Å². The van der Waals surface area contributed by atoms with Crippen molar-refractivity contribution in [1.29, 1.82) is 0 Å². The predicted octanol–water partition coefficient (Wildman–Crippen LogP) is 6.46. The highest BCUT2D eigenvalue weighted by atomic mass is 32.2. The Morgan fingerprint density at radius 1 is 1.08 bits per heavy atom. The lowest BCUT2D eigenvalue weighted by Crippen LogP contribution is -2.27. The van der Waals surface area contributed by atoms with Gasteiger partial charge in [0.05, 0.1) is 30.7 Å². The van der Waals surface area contributed by atoms with Crippen molar-refractivity contribution in [3.8, 4) is 11.4 Å². The molecule has 6 nitrogen and oxygen atoms in total. The zero-order valence-corrected chi connectivity index (χ0v) is 23.1. The van der Waals surface area contributed by atoms with E-state index in [1.165, 1.54) is 11.8 Å². The largest absolute Gasteiger partial charge is 0.497 e. The Labute approximate surface area is 227 Å². The third-order valence-electron chi connectivity index (χ3n) is 6.22. The zero-order valence-electron chi connectivity index (χ0n) is 21.4. The van der Waals surface area contributed by atoms with Crippen molar-refractivity contribution >= 4 is 46.3 Å². The van der Waals surface area contributed by atoms with Gasteiger partial charge in [-0.05, 0) is 79.9 Å². The van der Waals surface area contributed by atoms with Gasteiger partial charge in [-0.3, -0.25) is 9.69 Å². The van der Waals surface area contributed by atoms with Crippen LogP contribution < -0.4 is 4.74 Å². The summed E-state index contributed by atoms with van der Waals surface area (Å²) in [6.45, 7) is 6.94. The first-order valence-electron chi connectivity index (χ1n) is 12.2.